The molecule has 4 amide bonds. The maximum Gasteiger partial charge on any atom is 0.336 e. The van der Waals surface area contributed by atoms with Crippen LogP contribution in [0.3, 0.4) is 0 Å². The van der Waals surface area contributed by atoms with Gasteiger partial charge in [0.2, 0.25) is 11.8 Å². The number of nitrogens with one attached hydrogen (secondary N) is 2. The molecule has 3 rings (SSSR count). The minimum absolute atomic E-state index is 0.00552. The standard InChI is InChI=1S/C24H26ClN3O6S/c1-3-18(13-4-7-20(35)17(10-13)23(31)32)27-24(33)28-12-21(29)26-11-15(22(28)30)8-14-9-16(25)5-6-19(14)34-2/h4-6,9-10,15,18H,3,7-8,11-12H2,1-2H3,(H,26,29)(H,27,33)(H,31,32)/t15-,18+/m0/s1. The summed E-state index contributed by atoms with van der Waals surface area (Å²) in [5, 5.41) is 15.3. The maximum atomic E-state index is 13.3. The van der Waals surface area contributed by atoms with Crippen molar-refractivity contribution in [1.29, 1.82) is 0 Å². The lowest BCUT2D eigenvalue weighted by Crippen LogP contribution is -2.50. The van der Waals surface area contributed by atoms with Gasteiger partial charge in [0.05, 0.1) is 24.6 Å². The van der Waals surface area contributed by atoms with Gasteiger partial charge < -0.3 is 20.5 Å². The van der Waals surface area contributed by atoms with Crippen molar-refractivity contribution in [2.75, 3.05) is 20.2 Å². The van der Waals surface area contributed by atoms with E-state index >= 15 is 0 Å². The first-order valence-corrected chi connectivity index (χ1v) is 11.8. The molecule has 1 aliphatic carbocycles. The van der Waals surface area contributed by atoms with Crippen molar-refractivity contribution >= 4 is 52.5 Å². The Morgan fingerprint density at radius 2 is 2.11 bits per heavy atom. The summed E-state index contributed by atoms with van der Waals surface area (Å²) in [4.78, 5) is 51.5. The fourth-order valence-corrected chi connectivity index (χ4v) is 4.45. The zero-order chi connectivity index (χ0) is 25.7. The second-order valence-corrected chi connectivity index (χ2v) is 9.12. The summed E-state index contributed by atoms with van der Waals surface area (Å²) >= 11 is 11.2. The van der Waals surface area contributed by atoms with Crippen LogP contribution in [0.5, 0.6) is 5.75 Å². The average molecular weight is 520 g/mol. The van der Waals surface area contributed by atoms with Crippen molar-refractivity contribution in [3.63, 3.8) is 0 Å². The summed E-state index contributed by atoms with van der Waals surface area (Å²) in [6.07, 6.45) is 4.11. The van der Waals surface area contributed by atoms with Crippen molar-refractivity contribution in [2.24, 2.45) is 5.92 Å². The Labute approximate surface area is 213 Å². The summed E-state index contributed by atoms with van der Waals surface area (Å²) in [6.45, 7) is 1.45. The number of hydrogen-bond donors (Lipinski definition) is 3. The number of urea groups is 1. The molecule has 0 unspecified atom stereocenters. The number of halogens is 1. The summed E-state index contributed by atoms with van der Waals surface area (Å²) in [5.74, 6) is -2.29. The third-order valence-electron chi connectivity index (χ3n) is 5.89. The van der Waals surface area contributed by atoms with E-state index in [1.54, 1.807) is 24.3 Å². The number of amides is 4. The van der Waals surface area contributed by atoms with Crippen LogP contribution in [0.4, 0.5) is 4.79 Å². The molecule has 0 radical (unpaired) electrons. The van der Waals surface area contributed by atoms with Gasteiger partial charge in [0.25, 0.3) is 0 Å². The van der Waals surface area contributed by atoms with Crippen LogP contribution in [0.15, 0.2) is 41.5 Å². The molecular formula is C24H26ClN3O6S. The molecule has 0 aromatic heterocycles. The number of aliphatic carboxylic acids is 1. The summed E-state index contributed by atoms with van der Waals surface area (Å²) < 4.78 is 5.36. The minimum Gasteiger partial charge on any atom is -0.496 e. The Bertz CT molecular complexity index is 1130. The highest BCUT2D eigenvalue weighted by Crippen LogP contribution is 2.26. The van der Waals surface area contributed by atoms with Crippen molar-refractivity contribution in [2.45, 2.75) is 32.2 Å². The van der Waals surface area contributed by atoms with Crippen LogP contribution in [0.2, 0.25) is 5.02 Å². The number of benzene rings is 1. The third-order valence-corrected chi connectivity index (χ3v) is 6.51. The van der Waals surface area contributed by atoms with Crippen LogP contribution in [0.25, 0.3) is 0 Å². The van der Waals surface area contributed by atoms with E-state index in [4.69, 9.17) is 28.6 Å². The molecule has 2 aliphatic rings. The second kappa shape index (κ2) is 11.5. The van der Waals surface area contributed by atoms with Crippen LogP contribution in [0, 0.1) is 5.92 Å². The van der Waals surface area contributed by atoms with Crippen LogP contribution < -0.4 is 15.4 Å². The molecule has 0 bridgehead atoms. The van der Waals surface area contributed by atoms with Gasteiger partial charge in [-0.1, -0.05) is 36.8 Å². The number of ether oxygens (including phenoxy) is 1. The first kappa shape index (κ1) is 26.4. The monoisotopic (exact) mass is 519 g/mol. The third kappa shape index (κ3) is 6.26. The second-order valence-electron chi connectivity index (χ2n) is 8.19. The largest absolute Gasteiger partial charge is 0.496 e. The van der Waals surface area contributed by atoms with Gasteiger partial charge in [-0.25, -0.2) is 9.59 Å². The summed E-state index contributed by atoms with van der Waals surface area (Å²) in [6, 6.07) is 3.74. The highest BCUT2D eigenvalue weighted by Gasteiger charge is 2.35. The molecule has 186 valence electrons. The topological polar surface area (TPSA) is 125 Å². The van der Waals surface area contributed by atoms with Crippen LogP contribution in [0.1, 0.15) is 25.3 Å². The number of nitrogens with zero attached hydrogens (tertiary/aromatic N) is 1. The number of hydrogen-bond acceptors (Lipinski definition) is 6. The van der Waals surface area contributed by atoms with Gasteiger partial charge in [-0.3, -0.25) is 14.5 Å². The molecule has 1 heterocycles. The quantitative estimate of drug-likeness (QED) is 0.473. The fraction of sp³-hybridized carbons (Fsp3) is 0.375. The van der Waals surface area contributed by atoms with E-state index in [0.717, 1.165) is 4.90 Å². The van der Waals surface area contributed by atoms with E-state index in [-0.39, 0.29) is 25.0 Å². The Kier molecular flexibility index (Phi) is 8.63. The molecule has 1 saturated heterocycles. The van der Waals surface area contributed by atoms with E-state index in [2.05, 4.69) is 10.6 Å². The number of carbonyl (C=O) groups excluding carboxylic acids is 3. The van der Waals surface area contributed by atoms with Gasteiger partial charge in [0.15, 0.2) is 0 Å². The molecule has 11 heteroatoms. The summed E-state index contributed by atoms with van der Waals surface area (Å²) in [5.41, 5.74) is 1.26. The smallest absolute Gasteiger partial charge is 0.336 e. The molecule has 1 aliphatic heterocycles. The number of imide groups is 1. The predicted molar refractivity (Wildman–Crippen MR) is 134 cm³/mol. The molecule has 35 heavy (non-hydrogen) atoms. The molecular weight excluding hydrogens is 494 g/mol. The number of carboxylic acids is 1. The SMILES string of the molecule is CC[C@@H](NC(=O)N1CC(=O)NC[C@H](Cc2cc(Cl)ccc2OC)C1=O)C1=CCC(=S)C(C(=O)O)=C1. The normalized spacial score (nSPS) is 19.2. The molecule has 0 spiro atoms. The number of carbonyl (C=O) groups is 4. The van der Waals surface area contributed by atoms with E-state index in [1.165, 1.54) is 13.2 Å². The van der Waals surface area contributed by atoms with Gasteiger partial charge in [-0.2, -0.15) is 0 Å². The zero-order valence-electron chi connectivity index (χ0n) is 19.3. The van der Waals surface area contributed by atoms with Gasteiger partial charge in [0, 0.05) is 22.9 Å². The van der Waals surface area contributed by atoms with E-state index in [1.807, 2.05) is 6.92 Å². The number of rotatable bonds is 7. The molecule has 3 N–H and O–H groups in total. The minimum atomic E-state index is -1.14. The highest BCUT2D eigenvalue weighted by molar-refractivity contribution is 7.81. The van der Waals surface area contributed by atoms with Crippen molar-refractivity contribution in [3.05, 3.63) is 52.1 Å². The molecule has 0 saturated carbocycles. The maximum absolute atomic E-state index is 13.3. The number of methoxy groups -OCH3 is 1. The van der Waals surface area contributed by atoms with Gasteiger partial charge in [-0.05, 0) is 48.3 Å². The Morgan fingerprint density at radius 3 is 2.77 bits per heavy atom. The van der Waals surface area contributed by atoms with Crippen molar-refractivity contribution < 1.29 is 29.0 Å². The van der Waals surface area contributed by atoms with Crippen LogP contribution >= 0.6 is 23.8 Å². The zero-order valence-corrected chi connectivity index (χ0v) is 20.9. The van der Waals surface area contributed by atoms with E-state index in [9.17, 15) is 24.3 Å². The molecule has 9 nitrogen and oxygen atoms in total. The number of carboxylic acid groups (broad SMARTS) is 1. The van der Waals surface area contributed by atoms with Crippen LogP contribution in [-0.2, 0) is 20.8 Å². The Hall–Kier alpha value is -3.24. The molecule has 1 aromatic rings. The van der Waals surface area contributed by atoms with Gasteiger partial charge >= 0.3 is 12.0 Å². The van der Waals surface area contributed by atoms with Crippen molar-refractivity contribution in [3.8, 4) is 5.75 Å². The van der Waals surface area contributed by atoms with Gasteiger partial charge in [-0.15, -0.1) is 0 Å². The fourth-order valence-electron chi connectivity index (χ4n) is 4.02. The lowest BCUT2D eigenvalue weighted by Gasteiger charge is -2.27. The van der Waals surface area contributed by atoms with Crippen LogP contribution in [-0.4, -0.2) is 64.9 Å². The Morgan fingerprint density at radius 1 is 1.37 bits per heavy atom. The van der Waals surface area contributed by atoms with Gasteiger partial charge in [0.1, 0.15) is 12.3 Å². The van der Waals surface area contributed by atoms with E-state index in [0.29, 0.717) is 33.2 Å². The molecule has 1 fully saturated rings. The molecule has 2 atom stereocenters. The predicted octanol–water partition coefficient (Wildman–Crippen LogP) is 2.66. The number of allylic oxidation sites excluding steroid dienone is 1. The summed E-state index contributed by atoms with van der Waals surface area (Å²) in [7, 11) is 1.50. The lowest BCUT2D eigenvalue weighted by molar-refractivity contribution is -0.133. The Balaban J connectivity index is 1.80. The average Bonchev–Trinajstić information content (AvgIpc) is 2.96. The first-order chi connectivity index (χ1) is 16.6. The lowest BCUT2D eigenvalue weighted by atomic mass is 9.93. The highest BCUT2D eigenvalue weighted by atomic mass is 35.5. The van der Waals surface area contributed by atoms with Crippen molar-refractivity contribution in [1.82, 2.24) is 15.5 Å². The molecule has 1 aromatic carbocycles. The first-order valence-electron chi connectivity index (χ1n) is 11.0. The number of thiocarbonyl (C=S) groups is 1. The van der Waals surface area contributed by atoms with E-state index < -0.39 is 42.3 Å².